The van der Waals surface area contributed by atoms with E-state index in [1.54, 1.807) is 23.5 Å². The molecule has 2 nitrogen and oxygen atoms in total. The van der Waals surface area contributed by atoms with Gasteiger partial charge in [-0.3, -0.25) is 4.79 Å². The van der Waals surface area contributed by atoms with E-state index < -0.39 is 0 Å². The highest BCUT2D eigenvalue weighted by Gasteiger charge is 2.11. The molecule has 0 N–H and O–H groups in total. The third-order valence-electron chi connectivity index (χ3n) is 3.23. The van der Waals surface area contributed by atoms with Crippen molar-refractivity contribution in [1.29, 1.82) is 0 Å². The van der Waals surface area contributed by atoms with E-state index in [0.29, 0.717) is 5.75 Å². The highest BCUT2D eigenvalue weighted by molar-refractivity contribution is 8.03. The third-order valence-corrected chi connectivity index (χ3v) is 5.36. The number of nitrogens with zero attached hydrogens (tertiary/aromatic N) is 1. The van der Waals surface area contributed by atoms with Crippen molar-refractivity contribution >= 4 is 29.3 Å². The van der Waals surface area contributed by atoms with Gasteiger partial charge in [-0.2, -0.15) is 0 Å². The van der Waals surface area contributed by atoms with Crippen molar-refractivity contribution in [2.75, 3.05) is 19.8 Å². The first-order chi connectivity index (χ1) is 11.6. The molecule has 2 aromatic rings. The molecule has 0 heterocycles. The van der Waals surface area contributed by atoms with E-state index in [2.05, 4.69) is 24.3 Å². The summed E-state index contributed by atoms with van der Waals surface area (Å²) in [7, 11) is 3.90. The first kappa shape index (κ1) is 18.7. The zero-order chi connectivity index (χ0) is 17.2. The quantitative estimate of drug-likeness (QED) is 0.599. The molecule has 0 fully saturated rings. The zero-order valence-electron chi connectivity index (χ0n) is 14.1. The predicted octanol–water partition coefficient (Wildman–Crippen LogP) is 4.83. The molecule has 0 spiro atoms. The van der Waals surface area contributed by atoms with Crippen molar-refractivity contribution in [1.82, 2.24) is 4.90 Å². The number of carbonyl (C=O) groups excluding carboxylic acids is 1. The fraction of sp³-hybridized carbons (Fsp3) is 0.250. The second-order valence-corrected chi connectivity index (χ2v) is 7.64. The second-order valence-electron chi connectivity index (χ2n) is 5.63. The van der Waals surface area contributed by atoms with Crippen LogP contribution in [0.4, 0.5) is 0 Å². The van der Waals surface area contributed by atoms with E-state index >= 15 is 0 Å². The van der Waals surface area contributed by atoms with Gasteiger partial charge in [0, 0.05) is 31.8 Å². The fourth-order valence-electron chi connectivity index (χ4n) is 2.07. The molecule has 0 amide bonds. The van der Waals surface area contributed by atoms with Crippen molar-refractivity contribution in [3.05, 3.63) is 82.9 Å². The van der Waals surface area contributed by atoms with Crippen LogP contribution in [0.3, 0.4) is 0 Å². The van der Waals surface area contributed by atoms with Gasteiger partial charge in [0.1, 0.15) is 0 Å². The Bertz CT molecular complexity index is 654. The van der Waals surface area contributed by atoms with Crippen molar-refractivity contribution < 1.29 is 4.79 Å². The Morgan fingerprint density at radius 1 is 0.917 bits per heavy atom. The van der Waals surface area contributed by atoms with Crippen LogP contribution >= 0.6 is 23.5 Å². The molecule has 0 saturated carbocycles. The Hall–Kier alpha value is -1.65. The van der Waals surface area contributed by atoms with Crippen LogP contribution in [0.1, 0.15) is 11.1 Å². The lowest BCUT2D eigenvalue weighted by Crippen LogP contribution is -2.10. The molecule has 0 unspecified atom stereocenters. The Labute approximate surface area is 153 Å². The van der Waals surface area contributed by atoms with Crippen LogP contribution in [-0.2, 0) is 16.3 Å². The summed E-state index contributed by atoms with van der Waals surface area (Å²) in [5.41, 5.74) is 2.49. The Balaban J connectivity index is 1.88. The smallest absolute Gasteiger partial charge is 0.180 e. The number of benzene rings is 2. The molecule has 2 aromatic carbocycles. The molecule has 4 heteroatoms. The lowest BCUT2D eigenvalue weighted by molar-refractivity contribution is -0.112. The van der Waals surface area contributed by atoms with E-state index in [0.717, 1.165) is 16.4 Å². The van der Waals surface area contributed by atoms with Gasteiger partial charge in [0.05, 0.1) is 10.7 Å². The molecule has 0 aromatic heterocycles. The van der Waals surface area contributed by atoms with Crippen LogP contribution in [0.15, 0.2) is 71.8 Å². The Morgan fingerprint density at radius 3 is 2.00 bits per heavy atom. The van der Waals surface area contributed by atoms with Gasteiger partial charge < -0.3 is 4.90 Å². The van der Waals surface area contributed by atoms with E-state index in [1.165, 1.54) is 11.1 Å². The van der Waals surface area contributed by atoms with Crippen LogP contribution in [-0.4, -0.2) is 30.5 Å². The third kappa shape index (κ3) is 6.85. The summed E-state index contributed by atoms with van der Waals surface area (Å²) < 4.78 is 0. The first-order valence-corrected chi connectivity index (χ1v) is 9.99. The summed E-state index contributed by atoms with van der Waals surface area (Å²) in [4.78, 5) is 15.3. The lowest BCUT2D eigenvalue weighted by Gasteiger charge is -2.11. The van der Waals surface area contributed by atoms with Crippen molar-refractivity contribution in [2.24, 2.45) is 0 Å². The second kappa shape index (κ2) is 10.3. The number of hydrogen-bond acceptors (Lipinski definition) is 4. The SMILES string of the molecule is CN(C)C=C(SCc1ccccc1)C(=O)CSCc1ccccc1. The van der Waals surface area contributed by atoms with Gasteiger partial charge in [0.2, 0.25) is 0 Å². The minimum atomic E-state index is 0.200. The topological polar surface area (TPSA) is 20.3 Å². The number of rotatable bonds is 9. The average Bonchev–Trinajstić information content (AvgIpc) is 2.60. The standard InChI is InChI=1S/C20H23NOS2/c1-21(2)13-20(24-15-18-11-7-4-8-12-18)19(22)16-23-14-17-9-5-3-6-10-17/h3-13H,14-16H2,1-2H3. The molecule has 0 bridgehead atoms. The van der Waals surface area contributed by atoms with Gasteiger partial charge in [0.15, 0.2) is 5.78 Å². The minimum absolute atomic E-state index is 0.200. The predicted molar refractivity (Wildman–Crippen MR) is 107 cm³/mol. The molecule has 24 heavy (non-hydrogen) atoms. The molecule has 0 radical (unpaired) electrons. The summed E-state index contributed by atoms with van der Waals surface area (Å²) in [5, 5.41) is 0. The van der Waals surface area contributed by atoms with Gasteiger partial charge >= 0.3 is 0 Å². The minimum Gasteiger partial charge on any atom is -0.382 e. The van der Waals surface area contributed by atoms with Gasteiger partial charge in [-0.1, -0.05) is 60.7 Å². The van der Waals surface area contributed by atoms with Crippen LogP contribution in [0, 0.1) is 0 Å². The Kier molecular flexibility index (Phi) is 7.99. The van der Waals surface area contributed by atoms with E-state index in [-0.39, 0.29) is 5.78 Å². The highest BCUT2D eigenvalue weighted by atomic mass is 32.2. The molecule has 0 atom stereocenters. The molecule has 0 aliphatic carbocycles. The largest absolute Gasteiger partial charge is 0.382 e. The van der Waals surface area contributed by atoms with Gasteiger partial charge in [-0.15, -0.1) is 23.5 Å². The van der Waals surface area contributed by atoms with Crippen LogP contribution in [0.5, 0.6) is 0 Å². The molecule has 0 aliphatic rings. The zero-order valence-corrected chi connectivity index (χ0v) is 15.8. The summed E-state index contributed by atoms with van der Waals surface area (Å²) in [5.74, 6) is 2.39. The molecule has 2 rings (SSSR count). The van der Waals surface area contributed by atoms with E-state index in [1.807, 2.05) is 61.6 Å². The van der Waals surface area contributed by atoms with Crippen LogP contribution < -0.4 is 0 Å². The number of ketones is 1. The fourth-order valence-corrected chi connectivity index (χ4v) is 4.06. The molecule has 126 valence electrons. The monoisotopic (exact) mass is 357 g/mol. The van der Waals surface area contributed by atoms with Crippen molar-refractivity contribution in [3.8, 4) is 0 Å². The number of thioether (sulfide) groups is 2. The molecular weight excluding hydrogens is 334 g/mol. The maximum absolute atomic E-state index is 12.6. The molecule has 0 aliphatic heterocycles. The van der Waals surface area contributed by atoms with Gasteiger partial charge in [-0.25, -0.2) is 0 Å². The maximum atomic E-state index is 12.6. The summed E-state index contributed by atoms with van der Waals surface area (Å²) in [6.45, 7) is 0. The lowest BCUT2D eigenvalue weighted by atomic mass is 10.2. The first-order valence-electron chi connectivity index (χ1n) is 7.85. The molecule has 0 saturated heterocycles. The number of allylic oxidation sites excluding steroid dienone is 1. The number of hydrogen-bond donors (Lipinski definition) is 0. The highest BCUT2D eigenvalue weighted by Crippen LogP contribution is 2.24. The van der Waals surface area contributed by atoms with Crippen molar-refractivity contribution in [3.63, 3.8) is 0 Å². The van der Waals surface area contributed by atoms with Crippen molar-refractivity contribution in [2.45, 2.75) is 11.5 Å². The number of Topliss-reactive ketones (excluding diaryl/α,β-unsaturated/α-hetero) is 1. The molecular formula is C20H23NOS2. The average molecular weight is 358 g/mol. The van der Waals surface area contributed by atoms with Gasteiger partial charge in [0.25, 0.3) is 0 Å². The van der Waals surface area contributed by atoms with E-state index in [9.17, 15) is 4.79 Å². The van der Waals surface area contributed by atoms with Gasteiger partial charge in [-0.05, 0) is 11.1 Å². The number of carbonyl (C=O) groups is 1. The van der Waals surface area contributed by atoms with E-state index in [4.69, 9.17) is 0 Å². The summed E-state index contributed by atoms with van der Waals surface area (Å²) >= 11 is 3.28. The Morgan fingerprint density at radius 2 is 1.46 bits per heavy atom. The van der Waals surface area contributed by atoms with Crippen LogP contribution in [0.25, 0.3) is 0 Å². The maximum Gasteiger partial charge on any atom is 0.180 e. The summed E-state index contributed by atoms with van der Waals surface area (Å²) in [6, 6.07) is 20.5. The van der Waals surface area contributed by atoms with Crippen LogP contribution in [0.2, 0.25) is 0 Å². The summed E-state index contributed by atoms with van der Waals surface area (Å²) in [6.07, 6.45) is 1.93. The normalized spacial score (nSPS) is 11.3.